The summed E-state index contributed by atoms with van der Waals surface area (Å²) in [5.74, 6) is 0.563. The number of pyridine rings is 2. The van der Waals surface area contributed by atoms with Gasteiger partial charge >= 0.3 is 5.69 Å². The third-order valence-electron chi connectivity index (χ3n) is 5.39. The van der Waals surface area contributed by atoms with E-state index in [1.807, 2.05) is 44.4 Å². The van der Waals surface area contributed by atoms with Crippen LogP contribution in [0, 0.1) is 6.92 Å². The summed E-state index contributed by atoms with van der Waals surface area (Å²) in [7, 11) is 5.20. The van der Waals surface area contributed by atoms with E-state index in [1.54, 1.807) is 40.4 Å². The van der Waals surface area contributed by atoms with E-state index in [2.05, 4.69) is 21.1 Å². The normalized spacial score (nSPS) is 11.5. The molecule has 5 aromatic rings. The minimum atomic E-state index is -0.132. The van der Waals surface area contributed by atoms with Crippen LogP contribution in [0.1, 0.15) is 5.69 Å². The summed E-state index contributed by atoms with van der Waals surface area (Å²) < 4.78 is 10.2. The number of ether oxygens (including phenoxy) is 1. The lowest BCUT2D eigenvalue weighted by Gasteiger charge is -2.08. The number of methoxy groups -OCH3 is 1. The Kier molecular flexibility index (Phi) is 3.95. The van der Waals surface area contributed by atoms with Gasteiger partial charge in [0, 0.05) is 43.5 Å². The van der Waals surface area contributed by atoms with Crippen LogP contribution >= 0.6 is 0 Å². The quantitative estimate of drug-likeness (QED) is 0.465. The molecule has 0 atom stereocenters. The van der Waals surface area contributed by atoms with Gasteiger partial charge in [0.2, 0.25) is 5.88 Å². The molecule has 1 aromatic carbocycles. The van der Waals surface area contributed by atoms with Gasteiger partial charge in [-0.3, -0.25) is 18.8 Å². The first kappa shape index (κ1) is 18.1. The zero-order valence-corrected chi connectivity index (χ0v) is 17.1. The number of hydrogen-bond donors (Lipinski definition) is 0. The molecule has 0 spiro atoms. The summed E-state index contributed by atoms with van der Waals surface area (Å²) in [5.41, 5.74) is 5.74. The Morgan fingerprint density at radius 2 is 1.80 bits per heavy atom. The van der Waals surface area contributed by atoms with Crippen molar-refractivity contribution in [2.75, 3.05) is 7.11 Å². The summed E-state index contributed by atoms with van der Waals surface area (Å²) in [6.45, 7) is 1.90. The summed E-state index contributed by atoms with van der Waals surface area (Å²) in [4.78, 5) is 22.0. The topological polar surface area (TPSA) is 79.8 Å². The standard InChI is InChI=1S/C22H20N6O2/c1-13-19(12-26(2)25-13)28-21-16-9-14(15-6-8-20(30-4)24-10-15)5-7-17(16)23-11-18(21)27(3)22(28)29/h5-12H,1-4H3. The Hall–Kier alpha value is -3.94. The molecule has 0 unspecified atom stereocenters. The number of aromatic nitrogens is 6. The molecule has 4 heterocycles. The number of fused-ring (bicyclic) bond motifs is 3. The van der Waals surface area contributed by atoms with E-state index in [-0.39, 0.29) is 5.69 Å². The summed E-state index contributed by atoms with van der Waals surface area (Å²) in [6, 6.07) is 9.81. The largest absolute Gasteiger partial charge is 0.481 e. The van der Waals surface area contributed by atoms with Gasteiger partial charge in [0.15, 0.2) is 0 Å². The van der Waals surface area contributed by atoms with Crippen molar-refractivity contribution in [2.45, 2.75) is 6.92 Å². The fourth-order valence-corrected chi connectivity index (χ4v) is 3.88. The highest BCUT2D eigenvalue weighted by Crippen LogP contribution is 2.30. The number of rotatable bonds is 3. The van der Waals surface area contributed by atoms with E-state index in [4.69, 9.17) is 4.74 Å². The molecule has 150 valence electrons. The van der Waals surface area contributed by atoms with Gasteiger partial charge in [-0.1, -0.05) is 6.07 Å². The Labute approximate surface area is 172 Å². The molecule has 5 rings (SSSR count). The predicted molar refractivity (Wildman–Crippen MR) is 115 cm³/mol. The van der Waals surface area contributed by atoms with Crippen LogP contribution in [0.2, 0.25) is 0 Å². The smallest absolute Gasteiger partial charge is 0.333 e. The van der Waals surface area contributed by atoms with E-state index < -0.39 is 0 Å². The Morgan fingerprint density at radius 3 is 2.47 bits per heavy atom. The molecule has 0 saturated carbocycles. The lowest BCUT2D eigenvalue weighted by atomic mass is 10.0. The van der Waals surface area contributed by atoms with Crippen LogP contribution in [-0.4, -0.2) is 36.0 Å². The lowest BCUT2D eigenvalue weighted by molar-refractivity contribution is 0.398. The maximum atomic E-state index is 13.2. The highest BCUT2D eigenvalue weighted by Gasteiger charge is 2.19. The van der Waals surface area contributed by atoms with Crippen molar-refractivity contribution in [3.8, 4) is 22.7 Å². The van der Waals surface area contributed by atoms with Crippen LogP contribution in [0.15, 0.2) is 53.7 Å². The Morgan fingerprint density at radius 1 is 1.00 bits per heavy atom. The highest BCUT2D eigenvalue weighted by molar-refractivity contribution is 6.04. The van der Waals surface area contributed by atoms with Crippen LogP contribution in [-0.2, 0) is 14.1 Å². The molecular weight excluding hydrogens is 380 g/mol. The third kappa shape index (κ3) is 2.61. The molecule has 0 saturated heterocycles. The minimum Gasteiger partial charge on any atom is -0.481 e. The number of benzene rings is 1. The van der Waals surface area contributed by atoms with Gasteiger partial charge in [0.05, 0.1) is 41.2 Å². The van der Waals surface area contributed by atoms with Crippen molar-refractivity contribution >= 4 is 21.9 Å². The van der Waals surface area contributed by atoms with Gasteiger partial charge in [-0.15, -0.1) is 0 Å². The van der Waals surface area contributed by atoms with E-state index in [0.717, 1.165) is 44.4 Å². The van der Waals surface area contributed by atoms with E-state index in [9.17, 15) is 4.79 Å². The Balaban J connectivity index is 1.84. The van der Waals surface area contributed by atoms with E-state index >= 15 is 0 Å². The zero-order chi connectivity index (χ0) is 21.0. The zero-order valence-electron chi connectivity index (χ0n) is 17.1. The van der Waals surface area contributed by atoms with Gasteiger partial charge < -0.3 is 4.74 Å². The predicted octanol–water partition coefficient (Wildman–Crippen LogP) is 2.99. The molecule has 8 heteroatoms. The maximum absolute atomic E-state index is 13.2. The van der Waals surface area contributed by atoms with Crippen molar-refractivity contribution in [3.63, 3.8) is 0 Å². The third-order valence-corrected chi connectivity index (χ3v) is 5.39. The highest BCUT2D eigenvalue weighted by atomic mass is 16.5. The molecular formula is C22H20N6O2. The number of hydrogen-bond acceptors (Lipinski definition) is 5. The SMILES string of the molecule is COc1ccc(-c2ccc3ncc4c(c3c2)n(-c2cn(C)nc2C)c(=O)n4C)cn1. The second kappa shape index (κ2) is 6.55. The molecule has 8 nitrogen and oxygen atoms in total. The minimum absolute atomic E-state index is 0.132. The molecule has 4 aromatic heterocycles. The fourth-order valence-electron chi connectivity index (χ4n) is 3.88. The first-order valence-electron chi connectivity index (χ1n) is 9.49. The monoisotopic (exact) mass is 400 g/mol. The number of imidazole rings is 1. The molecule has 0 fully saturated rings. The van der Waals surface area contributed by atoms with Crippen molar-refractivity contribution in [3.05, 3.63) is 65.1 Å². The van der Waals surface area contributed by atoms with Gasteiger partial charge in [-0.2, -0.15) is 5.10 Å². The van der Waals surface area contributed by atoms with E-state index in [1.165, 1.54) is 0 Å². The molecule has 0 aliphatic heterocycles. The molecule has 0 amide bonds. The van der Waals surface area contributed by atoms with Crippen LogP contribution in [0.25, 0.3) is 38.8 Å². The van der Waals surface area contributed by atoms with Crippen LogP contribution in [0.3, 0.4) is 0 Å². The lowest BCUT2D eigenvalue weighted by Crippen LogP contribution is -2.21. The average Bonchev–Trinajstić information content (AvgIpc) is 3.22. The van der Waals surface area contributed by atoms with Gasteiger partial charge in [-0.25, -0.2) is 9.78 Å². The molecule has 0 bridgehead atoms. The fraction of sp³-hybridized carbons (Fsp3) is 0.182. The Bertz CT molecular complexity index is 1470. The van der Waals surface area contributed by atoms with Gasteiger partial charge in [0.1, 0.15) is 0 Å². The van der Waals surface area contributed by atoms with Crippen LogP contribution < -0.4 is 10.4 Å². The number of aryl methyl sites for hydroxylation is 3. The first-order chi connectivity index (χ1) is 14.5. The molecule has 30 heavy (non-hydrogen) atoms. The molecule has 0 N–H and O–H groups in total. The van der Waals surface area contributed by atoms with E-state index in [0.29, 0.717) is 5.88 Å². The summed E-state index contributed by atoms with van der Waals surface area (Å²) >= 11 is 0. The molecule has 0 radical (unpaired) electrons. The van der Waals surface area contributed by atoms with Crippen molar-refractivity contribution in [1.29, 1.82) is 0 Å². The van der Waals surface area contributed by atoms with Crippen molar-refractivity contribution in [2.24, 2.45) is 14.1 Å². The van der Waals surface area contributed by atoms with Crippen molar-refractivity contribution < 1.29 is 4.74 Å². The van der Waals surface area contributed by atoms with Gasteiger partial charge in [0.25, 0.3) is 0 Å². The maximum Gasteiger partial charge on any atom is 0.333 e. The van der Waals surface area contributed by atoms with Crippen LogP contribution in [0.4, 0.5) is 0 Å². The first-order valence-corrected chi connectivity index (χ1v) is 9.49. The van der Waals surface area contributed by atoms with Crippen LogP contribution in [0.5, 0.6) is 5.88 Å². The second-order valence-corrected chi connectivity index (χ2v) is 7.26. The van der Waals surface area contributed by atoms with Gasteiger partial charge in [-0.05, 0) is 30.7 Å². The summed E-state index contributed by atoms with van der Waals surface area (Å²) in [5, 5.41) is 5.31. The molecule has 0 aliphatic rings. The second-order valence-electron chi connectivity index (χ2n) is 7.26. The average molecular weight is 400 g/mol. The number of nitrogens with zero attached hydrogens (tertiary/aromatic N) is 6. The van der Waals surface area contributed by atoms with Crippen molar-refractivity contribution in [1.82, 2.24) is 28.9 Å². The summed E-state index contributed by atoms with van der Waals surface area (Å²) in [6.07, 6.45) is 5.38. The molecule has 0 aliphatic carbocycles.